The largest absolute Gasteiger partial charge is 0.569 e. The summed E-state index contributed by atoms with van der Waals surface area (Å²) in [5.74, 6) is 7.76. The molecule has 5 aromatic carbocycles. The maximum absolute atomic E-state index is 8.29. The van der Waals surface area contributed by atoms with E-state index in [9.17, 15) is 0 Å². The molecule has 0 bridgehead atoms. The van der Waals surface area contributed by atoms with E-state index in [1.54, 1.807) is 60.5 Å². The minimum Gasteiger partial charge on any atom is -0.537 e. The number of hydrogen-bond acceptors (Lipinski definition) is 19. The van der Waals surface area contributed by atoms with Gasteiger partial charge in [-0.25, -0.2) is 34.9 Å². The summed E-state index contributed by atoms with van der Waals surface area (Å²) < 4.78 is 30.6. The molecule has 0 spiro atoms. The molecule has 0 fully saturated rings. The highest BCUT2D eigenvalue weighted by atomic mass is 79.9. The Morgan fingerprint density at radius 3 is 1.43 bits per heavy atom. The van der Waals surface area contributed by atoms with E-state index in [0.717, 1.165) is 110 Å². The van der Waals surface area contributed by atoms with Crippen molar-refractivity contribution in [3.05, 3.63) is 343 Å². The number of hydrogen-bond donors (Lipinski definition) is 1. The molecule has 6 aromatic heterocycles. The molecule has 14 rings (SSSR count). The van der Waals surface area contributed by atoms with Gasteiger partial charge in [0.05, 0.1) is 69.5 Å². The van der Waals surface area contributed by atoms with Gasteiger partial charge in [-0.2, -0.15) is 24.9 Å². The number of methoxy groups -OCH3 is 5. The third-order valence-corrected chi connectivity index (χ3v) is 18.3. The van der Waals surface area contributed by atoms with Crippen LogP contribution in [0.25, 0.3) is 17.4 Å². The van der Waals surface area contributed by atoms with Gasteiger partial charge in [-0.3, -0.25) is 0 Å². The molecule has 19 nitrogen and oxygen atoms in total. The smallest absolute Gasteiger partial charge is 0.537 e. The van der Waals surface area contributed by atoms with Crippen molar-refractivity contribution in [3.8, 4) is 29.4 Å². The zero-order valence-electron chi connectivity index (χ0n) is 63.8. The van der Waals surface area contributed by atoms with E-state index in [1.165, 1.54) is 29.4 Å². The van der Waals surface area contributed by atoms with Crippen LogP contribution in [-0.2, 0) is 30.3 Å². The first-order valence-electron chi connectivity index (χ1n) is 35.1. The SMILES string of the molecule is C.C=C(O[B]O)c1ccccc1.C=CCBr.C=CCc1c(Cl)nc(C)nc1OC.C=CCc1c(OC)nc(C)nc1C(=C)c1ccccc1.COc1cc(Cl)nc(C)n1.COc1nc(C)nc2c1C=CC2c1ccccc1.COc1nc(C)nc2c1CCC2c1ccccc1.Clc1nc(Cl)c2c(n1)C(c1ccccc1)CC2.[HH]. The van der Waals surface area contributed by atoms with Gasteiger partial charge in [0.1, 0.15) is 50.3 Å². The van der Waals surface area contributed by atoms with Crippen LogP contribution in [0.1, 0.15) is 147 Å². The van der Waals surface area contributed by atoms with Crippen molar-refractivity contribution in [2.75, 3.05) is 40.9 Å². The van der Waals surface area contributed by atoms with Crippen molar-refractivity contribution >= 4 is 87.4 Å². The molecule has 0 amide bonds. The van der Waals surface area contributed by atoms with Crippen LogP contribution in [-0.4, -0.2) is 113 Å². The maximum atomic E-state index is 8.29. The fraction of sp³-hybridized carbons (Fsp3) is 0.241. The van der Waals surface area contributed by atoms with Crippen molar-refractivity contribution in [3.63, 3.8) is 0 Å². The summed E-state index contributed by atoms with van der Waals surface area (Å²) in [5.41, 5.74) is 15.5. The molecule has 0 saturated carbocycles. The molecular weight excluding hydrogens is 1560 g/mol. The Morgan fingerprint density at radius 2 is 0.929 bits per heavy atom. The van der Waals surface area contributed by atoms with E-state index < -0.39 is 0 Å². The molecule has 583 valence electrons. The number of ether oxygens (including phenoxy) is 5. The Hall–Kier alpha value is -10.5. The van der Waals surface area contributed by atoms with Gasteiger partial charge in [-0.05, 0) is 107 Å². The van der Waals surface area contributed by atoms with E-state index in [0.29, 0.717) is 94.6 Å². The lowest BCUT2D eigenvalue weighted by molar-refractivity contribution is 0.390. The summed E-state index contributed by atoms with van der Waals surface area (Å²) in [6, 6.07) is 52.1. The van der Waals surface area contributed by atoms with E-state index >= 15 is 0 Å². The van der Waals surface area contributed by atoms with Gasteiger partial charge in [0, 0.05) is 58.4 Å². The molecule has 3 aliphatic rings. The first kappa shape index (κ1) is 90.4. The number of allylic oxidation sites excluding steroid dienone is 4. The van der Waals surface area contributed by atoms with Gasteiger partial charge in [-0.15, -0.1) is 19.7 Å². The fourth-order valence-corrected chi connectivity index (χ4v) is 12.9. The summed E-state index contributed by atoms with van der Waals surface area (Å²) in [4.78, 5) is 51.0. The van der Waals surface area contributed by atoms with E-state index in [-0.39, 0.29) is 20.1 Å². The number of halogens is 5. The topological polar surface area (TPSA) is 230 Å². The molecule has 1 radical (unpaired) electrons. The lowest BCUT2D eigenvalue weighted by atomic mass is 9.97. The first-order chi connectivity index (χ1) is 53.7. The highest BCUT2D eigenvalue weighted by Crippen LogP contribution is 2.42. The molecule has 0 aliphatic heterocycles. The lowest BCUT2D eigenvalue weighted by Crippen LogP contribution is -2.05. The quantitative estimate of drug-likeness (QED) is 0.0210. The third-order valence-electron chi connectivity index (χ3n) is 16.8. The number of alkyl halides is 1. The molecule has 112 heavy (non-hydrogen) atoms. The van der Waals surface area contributed by atoms with Crippen molar-refractivity contribution in [2.45, 2.75) is 98.3 Å². The van der Waals surface area contributed by atoms with Crippen LogP contribution in [0.3, 0.4) is 0 Å². The number of fused-ring (bicyclic) bond motifs is 3. The van der Waals surface area contributed by atoms with Crippen LogP contribution in [0.15, 0.2) is 215 Å². The Labute approximate surface area is 689 Å². The average Bonchev–Trinajstić information content (AvgIpc) is 1.71. The standard InChI is InChI=1S/C17H18N2O.C15H16N2O.C15H14N2O.C13H10Cl2N2.C9H11ClN2O.C8H8BO2.C6H7ClN2O.C3H5Br.CH4.H2/c1-5-9-15-16(18-13(3)19-17(15)20-4)12(2)14-10-7-6-8-11-14;2*1-10-16-14-12(11-6-4-3-5-7-11)8-9-13(14)15(17-10)18-2;14-12-10-7-6-9(8-4-2-1-3-5-8)11(10)16-13(15)17-12;1-4-5-7-8(10)11-6(2)12-9(7)13-3;1-7(11-9-10)8-5-3-2-4-6-8;1-4-8-5(7)3-6(9-4)10-2;1-2-3-4;;/h5-8,10-11H,1-2,9H2,3-4H3;3-7,12H,8-9H2,1-2H3;3-9,12H,1-2H3;1-5,9H,6-7H2;4H,1,5H2,2-3H3;2-6,10H,1H2;3H,1-2H3;2H,1,3H2;1H4;1H. The van der Waals surface area contributed by atoms with E-state index in [2.05, 4.69) is 168 Å². The second-order valence-electron chi connectivity index (χ2n) is 24.3. The molecule has 3 atom stereocenters. The molecule has 1 N–H and O–H groups in total. The summed E-state index contributed by atoms with van der Waals surface area (Å²) in [5, 5.41) is 10.8. The molecule has 3 aliphatic carbocycles. The normalized spacial score (nSPS) is 13.1. The van der Waals surface area contributed by atoms with Crippen LogP contribution in [0.4, 0.5) is 0 Å². The first-order valence-corrected chi connectivity index (χ1v) is 37.7. The van der Waals surface area contributed by atoms with Crippen molar-refractivity contribution < 1.29 is 34.8 Å². The Morgan fingerprint density at radius 1 is 0.491 bits per heavy atom. The van der Waals surface area contributed by atoms with Gasteiger partial charge in [0.25, 0.3) is 0 Å². The van der Waals surface area contributed by atoms with Crippen LogP contribution in [0.2, 0.25) is 20.7 Å². The van der Waals surface area contributed by atoms with Crippen molar-refractivity contribution in [1.82, 2.24) is 59.8 Å². The second kappa shape index (κ2) is 47.0. The number of benzene rings is 5. The van der Waals surface area contributed by atoms with Crippen molar-refractivity contribution in [1.29, 1.82) is 0 Å². The molecule has 0 saturated heterocycles. The summed E-state index contributed by atoms with van der Waals surface area (Å²) in [7, 11) is 8.66. The minimum atomic E-state index is 0. The zero-order valence-corrected chi connectivity index (χ0v) is 68.5. The molecule has 11 aromatic rings. The number of rotatable bonds is 18. The fourth-order valence-electron chi connectivity index (χ4n) is 11.9. The van der Waals surface area contributed by atoms with Crippen LogP contribution in [0.5, 0.6) is 29.4 Å². The predicted octanol–water partition coefficient (Wildman–Crippen LogP) is 20.5. The van der Waals surface area contributed by atoms with E-state index in [4.69, 9.17) is 75.1 Å². The minimum absolute atomic E-state index is 0. The highest BCUT2D eigenvalue weighted by molar-refractivity contribution is 9.09. The summed E-state index contributed by atoms with van der Waals surface area (Å²) in [6.07, 6.45) is 14.8. The Kier molecular flexibility index (Phi) is 37.9. The third kappa shape index (κ3) is 26.0. The number of nitrogens with zero attached hydrogens (tertiary/aromatic N) is 12. The average molecular weight is 1650 g/mol. The predicted molar refractivity (Wildman–Crippen MR) is 459 cm³/mol. The Bertz CT molecular complexity index is 4890. The number of aryl methyl sites for hydroxylation is 5. The van der Waals surface area contributed by atoms with Crippen LogP contribution >= 0.6 is 62.3 Å². The van der Waals surface area contributed by atoms with Crippen LogP contribution < -0.4 is 23.7 Å². The highest BCUT2D eigenvalue weighted by Gasteiger charge is 2.31. The lowest BCUT2D eigenvalue weighted by Gasteiger charge is -2.14. The molecule has 3 unspecified atom stereocenters. The van der Waals surface area contributed by atoms with Crippen LogP contribution in [0, 0.1) is 34.6 Å². The van der Waals surface area contributed by atoms with Gasteiger partial charge < -0.3 is 33.4 Å². The van der Waals surface area contributed by atoms with Gasteiger partial charge in [0.2, 0.25) is 34.7 Å². The summed E-state index contributed by atoms with van der Waals surface area (Å²) >= 11 is 26.6. The van der Waals surface area contributed by atoms with E-state index in [1.807, 2.05) is 136 Å². The van der Waals surface area contributed by atoms with Gasteiger partial charge in [0.15, 0.2) is 0 Å². The Balaban J connectivity index is 0.000000235. The van der Waals surface area contributed by atoms with Gasteiger partial charge in [-0.1, -0.05) is 253 Å². The maximum Gasteiger partial charge on any atom is 0.569 e. The van der Waals surface area contributed by atoms with Gasteiger partial charge >= 0.3 is 7.69 Å². The monoisotopic (exact) mass is 1650 g/mol. The number of aromatic nitrogens is 12. The molecule has 6 heterocycles. The zero-order chi connectivity index (χ0) is 80.4. The molecule has 25 heteroatoms. The summed E-state index contributed by atoms with van der Waals surface area (Å²) in [6.45, 7) is 27.8. The second-order valence-corrected chi connectivity index (χ2v) is 26.4. The molecular formula is C87H95BBrCl4N12O7. The van der Waals surface area contributed by atoms with Crippen molar-refractivity contribution in [2.24, 2.45) is 0 Å².